The number of non-ortho nitro benzene ring substituents is 1. The van der Waals surface area contributed by atoms with E-state index in [2.05, 4.69) is 9.97 Å². The van der Waals surface area contributed by atoms with Crippen LogP contribution < -0.4 is 5.56 Å². The van der Waals surface area contributed by atoms with E-state index in [0.29, 0.717) is 16.6 Å². The average Bonchev–Trinajstić information content (AvgIpc) is 2.80. The van der Waals surface area contributed by atoms with Crippen molar-refractivity contribution in [2.24, 2.45) is 0 Å². The van der Waals surface area contributed by atoms with Gasteiger partial charge >= 0.3 is 0 Å². The van der Waals surface area contributed by atoms with Crippen LogP contribution in [0.1, 0.15) is 11.4 Å². The molecule has 0 fully saturated rings. The Morgan fingerprint density at radius 2 is 2.09 bits per heavy atom. The highest BCUT2D eigenvalue weighted by molar-refractivity contribution is 6.15. The number of nitrogens with one attached hydrogen (secondary N) is 1. The third kappa shape index (κ3) is 1.46. The molecule has 0 saturated heterocycles. The fraction of sp³-hybridized carbons (Fsp3) is 0. The molecular formula is C14H7N5O3. The van der Waals surface area contributed by atoms with E-state index in [1.165, 1.54) is 29.0 Å². The Hall–Kier alpha value is -3.42. The molecule has 106 valence electrons. The van der Waals surface area contributed by atoms with E-state index >= 15 is 0 Å². The van der Waals surface area contributed by atoms with Crippen LogP contribution in [0.4, 0.5) is 5.69 Å². The van der Waals surface area contributed by atoms with Crippen molar-refractivity contribution in [1.82, 2.24) is 14.5 Å². The van der Waals surface area contributed by atoms with Crippen molar-refractivity contribution in [3.63, 3.8) is 0 Å². The van der Waals surface area contributed by atoms with Gasteiger partial charge in [-0.25, -0.2) is 9.97 Å². The van der Waals surface area contributed by atoms with Crippen LogP contribution in [0.15, 0.2) is 41.3 Å². The van der Waals surface area contributed by atoms with E-state index < -0.39 is 4.92 Å². The first-order valence-electron chi connectivity index (χ1n) is 6.34. The van der Waals surface area contributed by atoms with Crippen molar-refractivity contribution < 1.29 is 4.92 Å². The lowest BCUT2D eigenvalue weighted by Crippen LogP contribution is -2.21. The third-order valence-corrected chi connectivity index (χ3v) is 3.57. The first-order chi connectivity index (χ1) is 10.6. The zero-order chi connectivity index (χ0) is 15.4. The topological polar surface area (TPSA) is 115 Å². The molecule has 2 aromatic heterocycles. The number of aromatic nitrogens is 3. The molecule has 8 heteroatoms. The van der Waals surface area contributed by atoms with Gasteiger partial charge in [-0.3, -0.25) is 24.9 Å². The van der Waals surface area contributed by atoms with Crippen molar-refractivity contribution in [1.29, 1.82) is 5.41 Å². The second-order valence-corrected chi connectivity index (χ2v) is 4.78. The summed E-state index contributed by atoms with van der Waals surface area (Å²) in [6, 6.07) is 7.29. The largest absolute Gasteiger partial charge is 0.296 e. The van der Waals surface area contributed by atoms with Gasteiger partial charge in [0.15, 0.2) is 11.5 Å². The molecule has 1 aliphatic heterocycles. The maximum atomic E-state index is 12.6. The zero-order valence-corrected chi connectivity index (χ0v) is 11.0. The van der Waals surface area contributed by atoms with Crippen LogP contribution in [0.25, 0.3) is 16.7 Å². The van der Waals surface area contributed by atoms with Gasteiger partial charge in [-0.05, 0) is 18.2 Å². The molecule has 0 saturated carbocycles. The van der Waals surface area contributed by atoms with Gasteiger partial charge in [0.2, 0.25) is 0 Å². The molecule has 22 heavy (non-hydrogen) atoms. The minimum Gasteiger partial charge on any atom is -0.296 e. The third-order valence-electron chi connectivity index (χ3n) is 3.57. The average molecular weight is 293 g/mol. The molecule has 0 aliphatic carbocycles. The molecule has 1 aromatic carbocycles. The minimum absolute atomic E-state index is 0.0247. The van der Waals surface area contributed by atoms with Gasteiger partial charge < -0.3 is 0 Å². The van der Waals surface area contributed by atoms with E-state index in [1.807, 2.05) is 0 Å². The van der Waals surface area contributed by atoms with Crippen molar-refractivity contribution in [2.75, 3.05) is 0 Å². The SMILES string of the molecule is N=C1c2cc([N+](=O)[O-])ccc2-n2c1nc1ncccc1c2=O. The van der Waals surface area contributed by atoms with Gasteiger partial charge in [0.25, 0.3) is 11.2 Å². The molecule has 0 amide bonds. The lowest BCUT2D eigenvalue weighted by Gasteiger charge is -2.04. The quantitative estimate of drug-likeness (QED) is 0.421. The fourth-order valence-corrected chi connectivity index (χ4v) is 2.56. The minimum atomic E-state index is -0.537. The van der Waals surface area contributed by atoms with Gasteiger partial charge in [0.1, 0.15) is 5.71 Å². The summed E-state index contributed by atoms with van der Waals surface area (Å²) in [4.78, 5) is 31.2. The van der Waals surface area contributed by atoms with Crippen molar-refractivity contribution in [2.45, 2.75) is 0 Å². The number of benzene rings is 1. The number of fused-ring (bicyclic) bond motifs is 4. The Kier molecular flexibility index (Phi) is 2.27. The summed E-state index contributed by atoms with van der Waals surface area (Å²) in [6.45, 7) is 0. The van der Waals surface area contributed by atoms with Crippen molar-refractivity contribution in [3.8, 4) is 5.69 Å². The summed E-state index contributed by atoms with van der Waals surface area (Å²) < 4.78 is 1.30. The highest BCUT2D eigenvalue weighted by atomic mass is 16.6. The molecule has 1 N–H and O–H groups in total. The van der Waals surface area contributed by atoms with Crippen molar-refractivity contribution in [3.05, 3.63) is 68.4 Å². The molecule has 0 bridgehead atoms. The molecule has 3 heterocycles. The monoisotopic (exact) mass is 293 g/mol. The maximum Gasteiger partial charge on any atom is 0.270 e. The number of hydrogen-bond donors (Lipinski definition) is 1. The fourth-order valence-electron chi connectivity index (χ4n) is 2.56. The second-order valence-electron chi connectivity index (χ2n) is 4.78. The van der Waals surface area contributed by atoms with Crippen molar-refractivity contribution >= 4 is 22.4 Å². The molecule has 0 unspecified atom stereocenters. The lowest BCUT2D eigenvalue weighted by molar-refractivity contribution is -0.384. The summed E-state index contributed by atoms with van der Waals surface area (Å²) >= 11 is 0. The van der Waals surface area contributed by atoms with Crippen LogP contribution in [0.5, 0.6) is 0 Å². The molecule has 1 aliphatic rings. The molecule has 0 atom stereocenters. The Morgan fingerprint density at radius 3 is 2.86 bits per heavy atom. The van der Waals surface area contributed by atoms with Gasteiger partial charge in [-0.2, -0.15) is 0 Å². The van der Waals surface area contributed by atoms with Crippen LogP contribution in [0.2, 0.25) is 0 Å². The molecule has 0 spiro atoms. The first-order valence-corrected chi connectivity index (χ1v) is 6.34. The summed E-state index contributed by atoms with van der Waals surface area (Å²) in [5.41, 5.74) is 0.495. The van der Waals surface area contributed by atoms with E-state index in [0.717, 1.165) is 0 Å². The van der Waals surface area contributed by atoms with Crippen LogP contribution in [-0.4, -0.2) is 25.2 Å². The summed E-state index contributed by atoms with van der Waals surface area (Å²) in [6.07, 6.45) is 1.52. The summed E-state index contributed by atoms with van der Waals surface area (Å²) in [5.74, 6) is 0.145. The number of rotatable bonds is 1. The number of pyridine rings is 1. The second kappa shape index (κ2) is 4.04. The number of hydrogen-bond acceptors (Lipinski definition) is 6. The normalized spacial score (nSPS) is 12.3. The predicted molar refractivity (Wildman–Crippen MR) is 77.7 cm³/mol. The Bertz CT molecular complexity index is 1050. The summed E-state index contributed by atoms with van der Waals surface area (Å²) in [5, 5.41) is 19.4. The van der Waals surface area contributed by atoms with Crippen LogP contribution in [0, 0.1) is 15.5 Å². The molecule has 0 radical (unpaired) electrons. The van der Waals surface area contributed by atoms with Gasteiger partial charge in [-0.15, -0.1) is 0 Å². The standard InChI is InChI=1S/C14H7N5O3/c15-11-9-6-7(19(21)22)3-4-10(9)18-13(11)17-12-8(14(18)20)2-1-5-16-12/h1-6,15H. The Balaban J connectivity index is 2.10. The zero-order valence-electron chi connectivity index (χ0n) is 11.0. The first kappa shape index (κ1) is 12.3. The van der Waals surface area contributed by atoms with E-state index in [4.69, 9.17) is 5.41 Å². The van der Waals surface area contributed by atoms with Crippen LogP contribution >= 0.6 is 0 Å². The molecule has 4 rings (SSSR count). The van der Waals surface area contributed by atoms with Gasteiger partial charge in [0, 0.05) is 23.9 Å². The molecular weight excluding hydrogens is 286 g/mol. The van der Waals surface area contributed by atoms with E-state index in [1.54, 1.807) is 12.1 Å². The molecule has 3 aromatic rings. The van der Waals surface area contributed by atoms with Gasteiger partial charge in [0.05, 0.1) is 16.0 Å². The smallest absolute Gasteiger partial charge is 0.270 e. The number of nitro groups is 1. The van der Waals surface area contributed by atoms with Crippen LogP contribution in [-0.2, 0) is 0 Å². The lowest BCUT2D eigenvalue weighted by atomic mass is 10.1. The highest BCUT2D eigenvalue weighted by Gasteiger charge is 2.29. The van der Waals surface area contributed by atoms with Gasteiger partial charge in [-0.1, -0.05) is 0 Å². The Labute approximate surface area is 122 Å². The van der Waals surface area contributed by atoms with E-state index in [9.17, 15) is 14.9 Å². The number of nitrogens with zero attached hydrogens (tertiary/aromatic N) is 4. The summed E-state index contributed by atoms with van der Waals surface area (Å²) in [7, 11) is 0. The van der Waals surface area contributed by atoms with E-state index in [-0.39, 0.29) is 28.4 Å². The molecule has 8 nitrogen and oxygen atoms in total. The number of nitro benzene ring substituents is 1. The highest BCUT2D eigenvalue weighted by Crippen LogP contribution is 2.28. The Morgan fingerprint density at radius 1 is 1.27 bits per heavy atom. The van der Waals surface area contributed by atoms with Crippen LogP contribution in [0.3, 0.4) is 0 Å². The maximum absolute atomic E-state index is 12.6. The predicted octanol–water partition coefficient (Wildman–Crippen LogP) is 1.42.